The van der Waals surface area contributed by atoms with Gasteiger partial charge in [-0.1, -0.05) is 24.6 Å². The molecule has 1 aromatic carbocycles. The van der Waals surface area contributed by atoms with Gasteiger partial charge in [-0.05, 0) is 47.1 Å². The monoisotopic (exact) mass is 373 g/mol. The predicted octanol–water partition coefficient (Wildman–Crippen LogP) is 4.04. The Bertz CT molecular complexity index is 642. The number of rotatable bonds is 5. The van der Waals surface area contributed by atoms with Crippen LogP contribution in [0.5, 0.6) is 0 Å². The Kier molecular flexibility index (Phi) is 5.41. The molecule has 0 aliphatic rings. The van der Waals surface area contributed by atoms with Gasteiger partial charge in [0, 0.05) is 19.5 Å². The number of aromatic nitrogens is 2. The van der Waals surface area contributed by atoms with Gasteiger partial charge in [-0.25, -0.2) is 4.39 Å². The van der Waals surface area contributed by atoms with E-state index in [-0.39, 0.29) is 11.9 Å². The van der Waals surface area contributed by atoms with Crippen molar-refractivity contribution in [2.45, 2.75) is 25.8 Å². The van der Waals surface area contributed by atoms with Crippen LogP contribution in [-0.4, -0.2) is 16.8 Å². The van der Waals surface area contributed by atoms with Crippen molar-refractivity contribution in [3.05, 3.63) is 50.5 Å². The molecule has 0 aliphatic heterocycles. The lowest BCUT2D eigenvalue weighted by Gasteiger charge is -2.17. The fraction of sp³-hybridized carbons (Fsp3) is 0.400. The molecular formula is C15H18BrClFN3. The number of nitrogens with one attached hydrogen (secondary N) is 1. The van der Waals surface area contributed by atoms with Crippen LogP contribution in [-0.2, 0) is 19.9 Å². The van der Waals surface area contributed by atoms with Crippen LogP contribution in [0.4, 0.5) is 4.39 Å². The van der Waals surface area contributed by atoms with Crippen LogP contribution in [0, 0.1) is 5.82 Å². The van der Waals surface area contributed by atoms with Crippen molar-refractivity contribution in [2.24, 2.45) is 7.05 Å². The summed E-state index contributed by atoms with van der Waals surface area (Å²) in [6.45, 7) is 2.03. The van der Waals surface area contributed by atoms with E-state index >= 15 is 0 Å². The first-order chi connectivity index (χ1) is 9.97. The second kappa shape index (κ2) is 6.90. The first-order valence-electron chi connectivity index (χ1n) is 6.80. The van der Waals surface area contributed by atoms with Crippen LogP contribution in [0.15, 0.2) is 22.7 Å². The Hall–Kier alpha value is -0.910. The molecule has 0 spiro atoms. The topological polar surface area (TPSA) is 29.9 Å². The molecule has 2 rings (SSSR count). The van der Waals surface area contributed by atoms with Crippen LogP contribution in [0.2, 0.25) is 5.02 Å². The fourth-order valence-electron chi connectivity index (χ4n) is 2.35. The van der Waals surface area contributed by atoms with E-state index in [4.69, 9.17) is 11.6 Å². The number of nitrogens with zero attached hydrogens (tertiary/aromatic N) is 2. The maximum absolute atomic E-state index is 13.7. The van der Waals surface area contributed by atoms with E-state index in [2.05, 4.69) is 26.3 Å². The van der Waals surface area contributed by atoms with Gasteiger partial charge in [0.25, 0.3) is 0 Å². The van der Waals surface area contributed by atoms with Gasteiger partial charge in [0.05, 0.1) is 20.9 Å². The molecule has 114 valence electrons. The average molecular weight is 375 g/mol. The Morgan fingerprint density at radius 1 is 1.48 bits per heavy atom. The van der Waals surface area contributed by atoms with Crippen molar-refractivity contribution in [3.8, 4) is 0 Å². The van der Waals surface area contributed by atoms with E-state index < -0.39 is 0 Å². The largest absolute Gasteiger partial charge is 0.313 e. The van der Waals surface area contributed by atoms with Crippen molar-refractivity contribution >= 4 is 27.5 Å². The minimum atomic E-state index is -0.266. The summed E-state index contributed by atoms with van der Waals surface area (Å²) in [5.74, 6) is -0.266. The van der Waals surface area contributed by atoms with Gasteiger partial charge < -0.3 is 5.32 Å². The molecule has 0 saturated carbocycles. The molecule has 0 amide bonds. The minimum Gasteiger partial charge on any atom is -0.313 e. The summed E-state index contributed by atoms with van der Waals surface area (Å²) in [6.07, 6.45) is 1.45. The van der Waals surface area contributed by atoms with Crippen molar-refractivity contribution in [1.29, 1.82) is 0 Å². The van der Waals surface area contributed by atoms with Gasteiger partial charge in [0.2, 0.25) is 0 Å². The van der Waals surface area contributed by atoms with E-state index in [1.54, 1.807) is 10.7 Å². The zero-order valence-electron chi connectivity index (χ0n) is 12.3. The van der Waals surface area contributed by atoms with Gasteiger partial charge in [0.1, 0.15) is 5.82 Å². The number of aryl methyl sites for hydroxylation is 2. The highest BCUT2D eigenvalue weighted by atomic mass is 79.9. The smallest absolute Gasteiger partial charge is 0.137 e. The lowest BCUT2D eigenvalue weighted by Crippen LogP contribution is -2.20. The Balaban J connectivity index is 2.31. The SMILES string of the molecule is CCc1nn(C)c(CC(NC)c2ccc(Br)c(F)c2)c1Cl. The molecule has 0 bridgehead atoms. The van der Waals surface area contributed by atoms with E-state index in [0.29, 0.717) is 15.9 Å². The quantitative estimate of drug-likeness (QED) is 0.856. The Morgan fingerprint density at radius 2 is 2.19 bits per heavy atom. The normalized spacial score (nSPS) is 12.7. The fourth-order valence-corrected chi connectivity index (χ4v) is 2.97. The van der Waals surface area contributed by atoms with Gasteiger partial charge in [-0.3, -0.25) is 4.68 Å². The van der Waals surface area contributed by atoms with Crippen molar-refractivity contribution in [3.63, 3.8) is 0 Å². The maximum Gasteiger partial charge on any atom is 0.137 e. The van der Waals surface area contributed by atoms with Crippen molar-refractivity contribution < 1.29 is 4.39 Å². The molecular weight excluding hydrogens is 357 g/mol. The highest BCUT2D eigenvalue weighted by molar-refractivity contribution is 9.10. The molecule has 1 unspecified atom stereocenters. The lowest BCUT2D eigenvalue weighted by atomic mass is 10.0. The lowest BCUT2D eigenvalue weighted by molar-refractivity contribution is 0.552. The second-order valence-corrected chi connectivity index (χ2v) is 6.14. The van der Waals surface area contributed by atoms with E-state index in [9.17, 15) is 4.39 Å². The summed E-state index contributed by atoms with van der Waals surface area (Å²) < 4.78 is 16.0. The third-order valence-electron chi connectivity index (χ3n) is 3.59. The van der Waals surface area contributed by atoms with E-state index in [1.807, 2.05) is 27.1 Å². The molecule has 1 N–H and O–H groups in total. The predicted molar refractivity (Wildman–Crippen MR) is 87.2 cm³/mol. The highest BCUT2D eigenvalue weighted by Crippen LogP contribution is 2.27. The zero-order chi connectivity index (χ0) is 15.6. The highest BCUT2D eigenvalue weighted by Gasteiger charge is 2.19. The molecule has 1 aromatic heterocycles. The third kappa shape index (κ3) is 3.47. The summed E-state index contributed by atoms with van der Waals surface area (Å²) in [5.41, 5.74) is 2.73. The molecule has 1 atom stereocenters. The first-order valence-corrected chi connectivity index (χ1v) is 7.97. The van der Waals surface area contributed by atoms with Crippen LogP contribution < -0.4 is 5.32 Å². The number of likely N-dealkylation sites (N-methyl/N-ethyl adjacent to an activating group) is 1. The maximum atomic E-state index is 13.7. The summed E-state index contributed by atoms with van der Waals surface area (Å²) in [6, 6.07) is 5.14. The van der Waals surface area contributed by atoms with Crippen LogP contribution in [0.1, 0.15) is 29.9 Å². The van der Waals surface area contributed by atoms with Crippen molar-refractivity contribution in [1.82, 2.24) is 15.1 Å². The molecule has 0 fully saturated rings. The standard InChI is InChI=1S/C15H18BrClFN3/c1-4-12-15(17)14(21(3)20-12)8-13(19-2)9-5-6-10(16)11(18)7-9/h5-7,13,19H,4,8H2,1-3H3. The molecule has 1 heterocycles. The Morgan fingerprint density at radius 3 is 2.71 bits per heavy atom. The van der Waals surface area contributed by atoms with Crippen LogP contribution >= 0.6 is 27.5 Å². The summed E-state index contributed by atoms with van der Waals surface area (Å²) >= 11 is 9.55. The van der Waals surface area contributed by atoms with Crippen LogP contribution in [0.3, 0.4) is 0 Å². The molecule has 6 heteroatoms. The molecule has 0 saturated heterocycles. The molecule has 3 nitrogen and oxygen atoms in total. The Labute approximate surface area is 137 Å². The third-order valence-corrected chi connectivity index (χ3v) is 4.67. The summed E-state index contributed by atoms with van der Waals surface area (Å²) in [5, 5.41) is 8.34. The van der Waals surface area contributed by atoms with Gasteiger partial charge in [-0.2, -0.15) is 5.10 Å². The minimum absolute atomic E-state index is 0.0230. The number of halogens is 3. The van der Waals surface area contributed by atoms with Gasteiger partial charge >= 0.3 is 0 Å². The van der Waals surface area contributed by atoms with E-state index in [0.717, 1.165) is 23.4 Å². The number of hydrogen-bond acceptors (Lipinski definition) is 2. The summed E-state index contributed by atoms with van der Waals surface area (Å²) in [4.78, 5) is 0. The average Bonchev–Trinajstić information content (AvgIpc) is 2.74. The number of benzene rings is 1. The van der Waals surface area contributed by atoms with Gasteiger partial charge in [0.15, 0.2) is 0 Å². The molecule has 2 aromatic rings. The zero-order valence-corrected chi connectivity index (χ0v) is 14.6. The number of hydrogen-bond donors (Lipinski definition) is 1. The van der Waals surface area contributed by atoms with Gasteiger partial charge in [-0.15, -0.1) is 0 Å². The summed E-state index contributed by atoms with van der Waals surface area (Å²) in [7, 11) is 3.74. The van der Waals surface area contributed by atoms with Crippen LogP contribution in [0.25, 0.3) is 0 Å². The first kappa shape index (κ1) is 16.5. The molecule has 21 heavy (non-hydrogen) atoms. The second-order valence-electron chi connectivity index (χ2n) is 4.90. The van der Waals surface area contributed by atoms with Crippen molar-refractivity contribution in [2.75, 3.05) is 7.05 Å². The van der Waals surface area contributed by atoms with E-state index in [1.165, 1.54) is 6.07 Å². The molecule has 0 radical (unpaired) electrons. The molecule has 0 aliphatic carbocycles.